The monoisotopic (exact) mass is 340 g/mol. The molecule has 4 heteroatoms. The van der Waals surface area contributed by atoms with Gasteiger partial charge in [-0.05, 0) is 57.4 Å². The number of rotatable bonds is 6. The van der Waals surface area contributed by atoms with Gasteiger partial charge in [0.15, 0.2) is 0 Å². The maximum atomic E-state index is 12.3. The molecule has 2 aromatic rings. The molecule has 1 amide bonds. The van der Waals surface area contributed by atoms with Gasteiger partial charge in [0.2, 0.25) is 0 Å². The fraction of sp³-hybridized carbons (Fsp3) is 0.333. The van der Waals surface area contributed by atoms with Crippen LogP contribution in [0.3, 0.4) is 0 Å². The van der Waals surface area contributed by atoms with Gasteiger partial charge >= 0.3 is 6.09 Å². The zero-order valence-corrected chi connectivity index (χ0v) is 15.1. The van der Waals surface area contributed by atoms with Gasteiger partial charge in [-0.3, -0.25) is 0 Å². The average molecular weight is 340 g/mol. The fourth-order valence-electron chi connectivity index (χ4n) is 2.40. The van der Waals surface area contributed by atoms with E-state index in [0.717, 1.165) is 16.9 Å². The highest BCUT2D eigenvalue weighted by Gasteiger charge is 2.22. The third-order valence-electron chi connectivity index (χ3n) is 3.40. The molecule has 1 unspecified atom stereocenters. The van der Waals surface area contributed by atoms with E-state index in [1.165, 1.54) is 0 Å². The van der Waals surface area contributed by atoms with Crippen LogP contribution in [0.4, 0.5) is 4.79 Å². The summed E-state index contributed by atoms with van der Waals surface area (Å²) in [5.74, 6) is 0.757. The summed E-state index contributed by atoms with van der Waals surface area (Å²) < 4.78 is 11.1. The molecule has 25 heavy (non-hydrogen) atoms. The van der Waals surface area contributed by atoms with Crippen molar-refractivity contribution in [3.63, 3.8) is 0 Å². The van der Waals surface area contributed by atoms with Gasteiger partial charge in [0, 0.05) is 0 Å². The first-order valence-corrected chi connectivity index (χ1v) is 8.45. The van der Waals surface area contributed by atoms with Gasteiger partial charge in [0.25, 0.3) is 0 Å². The van der Waals surface area contributed by atoms with Crippen LogP contribution in [0.1, 0.15) is 44.4 Å². The van der Waals surface area contributed by atoms with Crippen LogP contribution in [0.25, 0.3) is 0 Å². The molecule has 0 aliphatic heterocycles. The molecule has 0 aliphatic carbocycles. The fourth-order valence-corrected chi connectivity index (χ4v) is 2.40. The molecule has 1 N–H and O–H groups in total. The largest absolute Gasteiger partial charge is 0.494 e. The molecule has 0 bridgehead atoms. The van der Waals surface area contributed by atoms with Crippen LogP contribution in [0.5, 0.6) is 5.75 Å². The Bertz CT molecular complexity index is 677. The minimum Gasteiger partial charge on any atom is -0.494 e. The molecule has 0 saturated carbocycles. The molecule has 0 saturated heterocycles. The minimum atomic E-state index is -0.551. The van der Waals surface area contributed by atoms with Crippen LogP contribution in [0, 0.1) is 6.92 Å². The summed E-state index contributed by atoms with van der Waals surface area (Å²) in [6, 6.07) is 17.2. The molecular weight excluding hydrogens is 314 g/mol. The second-order valence-corrected chi connectivity index (χ2v) is 6.76. The van der Waals surface area contributed by atoms with E-state index in [-0.39, 0.29) is 6.04 Å². The van der Waals surface area contributed by atoms with Gasteiger partial charge in [-0.25, -0.2) is 4.79 Å². The number of amides is 1. The number of nitrogens with one attached hydrogen (secondary N) is 1. The summed E-state index contributed by atoms with van der Waals surface area (Å²) in [5.41, 5.74) is 1.35. The molecule has 1 atom stereocenters. The van der Waals surface area contributed by atoms with Crippen LogP contribution in [-0.4, -0.2) is 18.3 Å². The Morgan fingerprint density at radius 2 is 1.76 bits per heavy atom. The molecule has 0 fully saturated rings. The second-order valence-electron chi connectivity index (χ2n) is 6.76. The number of carbonyl (C=O) groups excluding carboxylic acids is 1. The van der Waals surface area contributed by atoms with Gasteiger partial charge in [0.1, 0.15) is 11.4 Å². The van der Waals surface area contributed by atoms with E-state index in [9.17, 15) is 4.79 Å². The highest BCUT2D eigenvalue weighted by atomic mass is 16.6. The Morgan fingerprint density at radius 1 is 1.08 bits per heavy atom. The number of hydrogen-bond acceptors (Lipinski definition) is 3. The van der Waals surface area contributed by atoms with Gasteiger partial charge in [0.05, 0.1) is 12.6 Å². The highest BCUT2D eigenvalue weighted by Crippen LogP contribution is 2.26. The van der Waals surface area contributed by atoms with Crippen molar-refractivity contribution in [2.45, 2.75) is 38.8 Å². The van der Waals surface area contributed by atoms with Crippen LogP contribution in [0.2, 0.25) is 0 Å². The van der Waals surface area contributed by atoms with Crippen molar-refractivity contribution in [1.82, 2.24) is 5.32 Å². The van der Waals surface area contributed by atoms with Gasteiger partial charge in [-0.2, -0.15) is 0 Å². The number of benzene rings is 2. The SMILES string of the molecule is [CH2]CCOc1cccc(C(NC(=O)OC(C)(C)C)c2ccccc2)c1. The average Bonchev–Trinajstić information content (AvgIpc) is 2.57. The maximum Gasteiger partial charge on any atom is 0.408 e. The zero-order chi connectivity index (χ0) is 18.3. The van der Waals surface area contributed by atoms with Crippen LogP contribution >= 0.6 is 0 Å². The standard InChI is InChI=1S/C21H26NO3/c1-5-14-24-18-13-9-12-17(15-18)19(16-10-7-6-8-11-16)22-20(23)25-21(2,3)4/h6-13,15,19H,1,5,14H2,2-4H3,(H,22,23). The van der Waals surface area contributed by atoms with Crippen molar-refractivity contribution in [1.29, 1.82) is 0 Å². The Labute approximate surface area is 150 Å². The number of hydrogen-bond donors (Lipinski definition) is 1. The molecule has 0 aromatic heterocycles. The normalized spacial score (nSPS) is 12.3. The first-order valence-electron chi connectivity index (χ1n) is 8.45. The van der Waals surface area contributed by atoms with Crippen molar-refractivity contribution in [2.75, 3.05) is 6.61 Å². The van der Waals surface area contributed by atoms with Crippen molar-refractivity contribution in [2.24, 2.45) is 0 Å². The Balaban J connectivity index is 2.27. The Hall–Kier alpha value is -2.49. The van der Waals surface area contributed by atoms with Gasteiger partial charge in [-0.1, -0.05) is 42.5 Å². The van der Waals surface area contributed by atoms with E-state index in [2.05, 4.69) is 12.2 Å². The summed E-state index contributed by atoms with van der Waals surface area (Å²) in [6.45, 7) is 9.87. The van der Waals surface area contributed by atoms with Crippen LogP contribution < -0.4 is 10.1 Å². The molecule has 2 aromatic carbocycles. The number of carbonyl (C=O) groups is 1. The van der Waals surface area contributed by atoms with E-state index in [0.29, 0.717) is 13.0 Å². The van der Waals surface area contributed by atoms with Crippen LogP contribution in [0.15, 0.2) is 54.6 Å². The van der Waals surface area contributed by atoms with Gasteiger partial charge in [-0.15, -0.1) is 0 Å². The first-order chi connectivity index (χ1) is 11.9. The topological polar surface area (TPSA) is 47.6 Å². The molecule has 133 valence electrons. The Morgan fingerprint density at radius 3 is 2.40 bits per heavy atom. The number of alkyl carbamates (subject to hydrolysis) is 1. The summed E-state index contributed by atoms with van der Waals surface area (Å²) in [7, 11) is 0. The molecule has 0 heterocycles. The predicted molar refractivity (Wildman–Crippen MR) is 99.6 cm³/mol. The van der Waals surface area contributed by atoms with E-state index in [1.807, 2.05) is 75.4 Å². The van der Waals surface area contributed by atoms with Crippen molar-refractivity contribution in [3.8, 4) is 5.75 Å². The first kappa shape index (κ1) is 18.8. The van der Waals surface area contributed by atoms with Crippen molar-refractivity contribution >= 4 is 6.09 Å². The van der Waals surface area contributed by atoms with Gasteiger partial charge < -0.3 is 14.8 Å². The molecule has 0 spiro atoms. The predicted octanol–water partition coefficient (Wildman–Crippen LogP) is 4.90. The lowest BCUT2D eigenvalue weighted by molar-refractivity contribution is 0.0512. The van der Waals surface area contributed by atoms with E-state index >= 15 is 0 Å². The molecule has 2 rings (SSSR count). The Kier molecular flexibility index (Phi) is 6.45. The van der Waals surface area contributed by atoms with E-state index < -0.39 is 11.7 Å². The summed E-state index contributed by atoms with van der Waals surface area (Å²) in [4.78, 5) is 12.3. The zero-order valence-electron chi connectivity index (χ0n) is 15.1. The summed E-state index contributed by atoms with van der Waals surface area (Å²) in [6.07, 6.45) is 0.244. The molecule has 1 radical (unpaired) electrons. The third kappa shape index (κ3) is 6.14. The summed E-state index contributed by atoms with van der Waals surface area (Å²) >= 11 is 0. The minimum absolute atomic E-state index is 0.320. The smallest absolute Gasteiger partial charge is 0.408 e. The lowest BCUT2D eigenvalue weighted by Gasteiger charge is -2.24. The molecular formula is C21H26NO3. The maximum absolute atomic E-state index is 12.3. The van der Waals surface area contributed by atoms with E-state index in [1.54, 1.807) is 0 Å². The quantitative estimate of drug-likeness (QED) is 0.813. The lowest BCUT2D eigenvalue weighted by Crippen LogP contribution is -2.35. The van der Waals surface area contributed by atoms with Crippen molar-refractivity contribution in [3.05, 3.63) is 72.6 Å². The second kappa shape index (κ2) is 8.56. The van der Waals surface area contributed by atoms with Crippen LogP contribution in [-0.2, 0) is 4.74 Å². The third-order valence-corrected chi connectivity index (χ3v) is 3.40. The molecule has 4 nitrogen and oxygen atoms in total. The summed E-state index contributed by atoms with van der Waals surface area (Å²) in [5, 5.41) is 2.96. The molecule has 0 aliphatic rings. The number of ether oxygens (including phenoxy) is 2. The van der Waals surface area contributed by atoms with Crippen molar-refractivity contribution < 1.29 is 14.3 Å². The lowest BCUT2D eigenvalue weighted by atomic mass is 9.98. The highest BCUT2D eigenvalue weighted by molar-refractivity contribution is 5.69. The van der Waals surface area contributed by atoms with E-state index in [4.69, 9.17) is 9.47 Å².